The number of aromatic nitrogens is 3. The van der Waals surface area contributed by atoms with Crippen LogP contribution in [0.5, 0.6) is 0 Å². The predicted molar refractivity (Wildman–Crippen MR) is 112 cm³/mol. The van der Waals surface area contributed by atoms with E-state index in [0.29, 0.717) is 21.2 Å². The van der Waals surface area contributed by atoms with Crippen molar-refractivity contribution in [1.29, 1.82) is 0 Å². The smallest absolute Gasteiger partial charge is 0.314 e. The van der Waals surface area contributed by atoms with Gasteiger partial charge in [-0.1, -0.05) is 40.2 Å². The zero-order chi connectivity index (χ0) is 21.8. The fourth-order valence-corrected chi connectivity index (χ4v) is 3.97. The number of benzene rings is 2. The zero-order valence-electron chi connectivity index (χ0n) is 15.9. The summed E-state index contributed by atoms with van der Waals surface area (Å²) in [6.45, 7) is 0. The Morgan fingerprint density at radius 3 is 2.30 bits per heavy atom. The number of aryl methyl sites for hydroxylation is 1. The molecule has 0 saturated carbocycles. The molecule has 0 radical (unpaired) electrons. The molecule has 0 saturated heterocycles. The lowest BCUT2D eigenvalue weighted by Gasteiger charge is -2.13. The molecule has 0 aliphatic heterocycles. The predicted octanol–water partition coefficient (Wildman–Crippen LogP) is 4.48. The van der Waals surface area contributed by atoms with E-state index in [1.54, 1.807) is 24.3 Å². The Kier molecular flexibility index (Phi) is 4.73. The molecule has 2 aromatic carbocycles. The van der Waals surface area contributed by atoms with Crippen LogP contribution in [-0.2, 0) is 20.3 Å². The molecular formula is C21H15BrF3N3O2. The van der Waals surface area contributed by atoms with E-state index in [4.69, 9.17) is 0 Å². The van der Waals surface area contributed by atoms with Crippen molar-refractivity contribution in [2.75, 3.05) is 0 Å². The molecule has 0 aliphatic carbocycles. The molecule has 5 nitrogen and oxygen atoms in total. The molecule has 2 aromatic heterocycles. The molecule has 0 fully saturated rings. The third kappa shape index (κ3) is 3.09. The number of hydrogen-bond donors (Lipinski definition) is 0. The summed E-state index contributed by atoms with van der Waals surface area (Å²) >= 11 is 3.46. The second-order valence-electron chi connectivity index (χ2n) is 6.84. The van der Waals surface area contributed by atoms with Gasteiger partial charge in [0.15, 0.2) is 0 Å². The fraction of sp³-hybridized carbons (Fsp3) is 0.143. The van der Waals surface area contributed by atoms with Gasteiger partial charge >= 0.3 is 11.9 Å². The van der Waals surface area contributed by atoms with E-state index in [0.717, 1.165) is 16.7 Å². The Morgan fingerprint density at radius 2 is 1.63 bits per heavy atom. The van der Waals surface area contributed by atoms with Crippen LogP contribution in [0.25, 0.3) is 27.8 Å². The van der Waals surface area contributed by atoms with Gasteiger partial charge in [-0.05, 0) is 24.3 Å². The van der Waals surface area contributed by atoms with Crippen molar-refractivity contribution in [2.24, 2.45) is 14.1 Å². The Labute approximate surface area is 176 Å². The van der Waals surface area contributed by atoms with Crippen LogP contribution >= 0.6 is 15.9 Å². The van der Waals surface area contributed by atoms with Gasteiger partial charge in [0.1, 0.15) is 0 Å². The van der Waals surface area contributed by atoms with Crippen molar-refractivity contribution < 1.29 is 13.2 Å². The minimum absolute atomic E-state index is 0.223. The van der Waals surface area contributed by atoms with Crippen molar-refractivity contribution in [3.05, 3.63) is 85.6 Å². The van der Waals surface area contributed by atoms with E-state index in [1.165, 1.54) is 41.6 Å². The highest BCUT2D eigenvalue weighted by atomic mass is 79.9. The summed E-state index contributed by atoms with van der Waals surface area (Å²) in [6, 6.07) is 11.9. The van der Waals surface area contributed by atoms with Gasteiger partial charge < -0.3 is 4.57 Å². The monoisotopic (exact) mass is 477 g/mol. The number of rotatable bonds is 2. The number of nitrogens with zero attached hydrogens (tertiary/aromatic N) is 3. The molecule has 0 unspecified atom stereocenters. The van der Waals surface area contributed by atoms with Gasteiger partial charge in [0, 0.05) is 36.0 Å². The van der Waals surface area contributed by atoms with E-state index in [9.17, 15) is 22.8 Å². The molecular weight excluding hydrogens is 463 g/mol. The zero-order valence-corrected chi connectivity index (χ0v) is 17.5. The summed E-state index contributed by atoms with van der Waals surface area (Å²) in [5, 5.41) is 0.240. The summed E-state index contributed by atoms with van der Waals surface area (Å²) in [7, 11) is 2.89. The quantitative estimate of drug-likeness (QED) is 0.427. The summed E-state index contributed by atoms with van der Waals surface area (Å²) in [6.07, 6.45) is -3.00. The first-order valence-electron chi connectivity index (χ1n) is 8.85. The van der Waals surface area contributed by atoms with Crippen LogP contribution in [0.3, 0.4) is 0 Å². The molecule has 0 spiro atoms. The Morgan fingerprint density at radius 1 is 0.933 bits per heavy atom. The van der Waals surface area contributed by atoms with Crippen LogP contribution < -0.4 is 11.2 Å². The molecule has 9 heteroatoms. The molecule has 2 heterocycles. The van der Waals surface area contributed by atoms with E-state index in [-0.39, 0.29) is 11.1 Å². The fourth-order valence-electron chi connectivity index (χ4n) is 3.49. The van der Waals surface area contributed by atoms with Crippen molar-refractivity contribution in [1.82, 2.24) is 13.7 Å². The molecule has 4 aromatic rings. The highest BCUT2D eigenvalue weighted by molar-refractivity contribution is 9.10. The van der Waals surface area contributed by atoms with Crippen molar-refractivity contribution in [3.63, 3.8) is 0 Å². The Balaban J connectivity index is 2.19. The lowest BCUT2D eigenvalue weighted by atomic mass is 10.1. The van der Waals surface area contributed by atoms with Crippen LogP contribution in [0.4, 0.5) is 13.2 Å². The van der Waals surface area contributed by atoms with E-state index in [1.807, 2.05) is 0 Å². The molecule has 30 heavy (non-hydrogen) atoms. The minimum atomic E-state index is -4.51. The molecule has 0 aliphatic rings. The van der Waals surface area contributed by atoms with Crippen LogP contribution in [0.2, 0.25) is 0 Å². The SMILES string of the molecule is Cn1c(=O)c2c(-c3ccccc3Br)n(-c3cccc(C(F)(F)F)c3)cc2n(C)c1=O. The molecule has 154 valence electrons. The average Bonchev–Trinajstić information content (AvgIpc) is 3.11. The average molecular weight is 478 g/mol. The Hall–Kier alpha value is -3.07. The molecule has 0 N–H and O–H groups in total. The lowest BCUT2D eigenvalue weighted by molar-refractivity contribution is -0.137. The van der Waals surface area contributed by atoms with Crippen molar-refractivity contribution >= 4 is 26.8 Å². The maximum absolute atomic E-state index is 13.3. The second-order valence-corrected chi connectivity index (χ2v) is 7.70. The van der Waals surface area contributed by atoms with E-state index in [2.05, 4.69) is 15.9 Å². The summed E-state index contributed by atoms with van der Waals surface area (Å²) in [5.74, 6) is 0. The van der Waals surface area contributed by atoms with E-state index < -0.39 is 23.0 Å². The van der Waals surface area contributed by atoms with E-state index >= 15 is 0 Å². The first kappa shape index (κ1) is 20.2. The van der Waals surface area contributed by atoms with Gasteiger partial charge in [-0.15, -0.1) is 0 Å². The number of halogens is 4. The third-order valence-corrected chi connectivity index (χ3v) is 5.71. The normalized spacial score (nSPS) is 11.9. The maximum Gasteiger partial charge on any atom is 0.416 e. The summed E-state index contributed by atoms with van der Waals surface area (Å²) in [4.78, 5) is 25.4. The van der Waals surface area contributed by atoms with Crippen LogP contribution in [0.15, 0.2) is 68.8 Å². The largest absolute Gasteiger partial charge is 0.416 e. The van der Waals surface area contributed by atoms with Crippen molar-refractivity contribution in [3.8, 4) is 16.9 Å². The van der Waals surface area contributed by atoms with Crippen LogP contribution in [0.1, 0.15) is 5.56 Å². The third-order valence-electron chi connectivity index (χ3n) is 5.02. The first-order valence-corrected chi connectivity index (χ1v) is 9.64. The highest BCUT2D eigenvalue weighted by Gasteiger charge is 2.31. The minimum Gasteiger partial charge on any atom is -0.314 e. The molecule has 0 amide bonds. The topological polar surface area (TPSA) is 48.9 Å². The van der Waals surface area contributed by atoms with Gasteiger partial charge in [0.2, 0.25) is 0 Å². The summed E-state index contributed by atoms with van der Waals surface area (Å²) < 4.78 is 44.4. The summed E-state index contributed by atoms with van der Waals surface area (Å²) in [5.41, 5.74) is -0.296. The lowest BCUT2D eigenvalue weighted by Crippen LogP contribution is -2.36. The molecule has 0 bridgehead atoms. The van der Waals surface area contributed by atoms with Crippen LogP contribution in [-0.4, -0.2) is 13.7 Å². The number of fused-ring (bicyclic) bond motifs is 1. The molecule has 4 rings (SSSR count). The Bertz CT molecular complexity index is 1410. The number of alkyl halides is 3. The van der Waals surface area contributed by atoms with Gasteiger partial charge in [-0.2, -0.15) is 13.2 Å². The van der Waals surface area contributed by atoms with Crippen molar-refractivity contribution in [2.45, 2.75) is 6.18 Å². The second kappa shape index (κ2) is 7.02. The van der Waals surface area contributed by atoms with Gasteiger partial charge in [0.05, 0.1) is 22.2 Å². The van der Waals surface area contributed by atoms with Gasteiger partial charge in [0.25, 0.3) is 5.56 Å². The van der Waals surface area contributed by atoms with Gasteiger partial charge in [-0.25, -0.2) is 4.79 Å². The number of hydrogen-bond acceptors (Lipinski definition) is 2. The maximum atomic E-state index is 13.3. The van der Waals surface area contributed by atoms with Crippen LogP contribution in [0, 0.1) is 0 Å². The molecule has 0 atom stereocenters. The highest BCUT2D eigenvalue weighted by Crippen LogP contribution is 2.36. The van der Waals surface area contributed by atoms with Gasteiger partial charge in [-0.3, -0.25) is 13.9 Å². The standard InChI is InChI=1S/C21H15BrF3N3O2/c1-26-16-11-28(13-7-5-6-12(10-13)21(23,24)25)18(14-8-3-4-9-15(14)22)17(16)19(29)27(2)20(26)30/h3-11H,1-2H3. The first-order chi connectivity index (χ1) is 14.1.